The van der Waals surface area contributed by atoms with Gasteiger partial charge in [-0.15, -0.1) is 0 Å². The van der Waals surface area contributed by atoms with E-state index in [1.54, 1.807) is 24.3 Å². The highest BCUT2D eigenvalue weighted by molar-refractivity contribution is 6.42. The molecule has 0 radical (unpaired) electrons. The van der Waals surface area contributed by atoms with Crippen LogP contribution in [-0.2, 0) is 6.54 Å². The van der Waals surface area contributed by atoms with Gasteiger partial charge in [0, 0.05) is 6.21 Å². The van der Waals surface area contributed by atoms with E-state index in [1.807, 2.05) is 0 Å². The van der Waals surface area contributed by atoms with Crippen molar-refractivity contribution in [2.75, 3.05) is 0 Å². The van der Waals surface area contributed by atoms with E-state index in [2.05, 4.69) is 9.98 Å². The van der Waals surface area contributed by atoms with Crippen LogP contribution in [0.3, 0.4) is 0 Å². The lowest BCUT2D eigenvalue weighted by Crippen LogP contribution is -2.32. The maximum Gasteiger partial charge on any atom is 0.331 e. The molecule has 0 unspecified atom stereocenters. The van der Waals surface area contributed by atoms with Crippen molar-refractivity contribution in [3.05, 3.63) is 78.8 Å². The molecule has 0 aliphatic rings. The lowest BCUT2D eigenvalue weighted by molar-refractivity contribution is 0.392. The Hall–Kier alpha value is -2.77. The van der Waals surface area contributed by atoms with Crippen LogP contribution in [0.1, 0.15) is 11.3 Å². The molecule has 0 amide bonds. The van der Waals surface area contributed by atoms with Crippen LogP contribution in [0.4, 0.5) is 5.69 Å². The third-order valence-corrected chi connectivity index (χ3v) is 4.09. The molecule has 9 heteroatoms. The van der Waals surface area contributed by atoms with E-state index < -0.39 is 17.1 Å². The van der Waals surface area contributed by atoms with Crippen LogP contribution in [0.15, 0.2) is 55.6 Å². The van der Waals surface area contributed by atoms with E-state index in [0.29, 0.717) is 21.5 Å². The number of aliphatic imine (C=N–C) groups is 1. The number of H-pyrrole nitrogens is 1. The summed E-state index contributed by atoms with van der Waals surface area (Å²) in [6.07, 6.45) is 2.58. The predicted octanol–water partition coefficient (Wildman–Crippen LogP) is 2.94. The number of nitrogens with zero attached hydrogens (tertiary/aromatic N) is 2. The second kappa shape index (κ2) is 7.00. The Kier molecular flexibility index (Phi) is 4.78. The first-order valence-corrected chi connectivity index (χ1v) is 7.79. The number of aromatic hydroxyl groups is 1. The van der Waals surface area contributed by atoms with Gasteiger partial charge in [0.15, 0.2) is 0 Å². The normalized spacial score (nSPS) is 11.3. The van der Waals surface area contributed by atoms with Gasteiger partial charge in [0.1, 0.15) is 11.3 Å². The van der Waals surface area contributed by atoms with Crippen LogP contribution in [0, 0.1) is 0 Å². The van der Waals surface area contributed by atoms with Crippen LogP contribution >= 0.6 is 23.2 Å². The molecule has 3 aromatic rings. The van der Waals surface area contributed by atoms with Crippen LogP contribution in [0.25, 0.3) is 0 Å². The van der Waals surface area contributed by atoms with Crippen LogP contribution < -0.4 is 11.2 Å². The van der Waals surface area contributed by atoms with Gasteiger partial charge < -0.3 is 9.52 Å². The molecule has 3 rings (SSSR count). The van der Waals surface area contributed by atoms with E-state index in [0.717, 1.165) is 10.8 Å². The van der Waals surface area contributed by atoms with Gasteiger partial charge in [-0.1, -0.05) is 23.2 Å². The van der Waals surface area contributed by atoms with Gasteiger partial charge in [0.05, 0.1) is 28.5 Å². The van der Waals surface area contributed by atoms with Crippen molar-refractivity contribution in [3.63, 3.8) is 0 Å². The van der Waals surface area contributed by atoms with Gasteiger partial charge in [0.25, 0.3) is 5.56 Å². The quantitative estimate of drug-likeness (QED) is 0.680. The average molecular weight is 380 g/mol. The molecule has 0 fully saturated rings. The van der Waals surface area contributed by atoms with Crippen molar-refractivity contribution in [2.45, 2.75) is 6.54 Å². The minimum atomic E-state index is -0.762. The highest BCUT2D eigenvalue weighted by Crippen LogP contribution is 2.26. The fourth-order valence-electron chi connectivity index (χ4n) is 2.10. The fraction of sp³-hybridized carbons (Fsp3) is 0.0625. The molecule has 7 nitrogen and oxygen atoms in total. The number of halogens is 2. The van der Waals surface area contributed by atoms with Crippen molar-refractivity contribution in [2.24, 2.45) is 4.99 Å². The molecule has 0 bridgehead atoms. The minimum absolute atomic E-state index is 0.0396. The number of benzene rings is 1. The second-order valence-corrected chi connectivity index (χ2v) is 5.83. The smallest absolute Gasteiger partial charge is 0.331 e. The SMILES string of the molecule is O=c1[nH]c(=O)n(Cc2ccco2)c(O)c1C=Nc1ccc(Cl)c(Cl)c1. The molecular formula is C16H11Cl2N3O4. The first-order chi connectivity index (χ1) is 12.0. The van der Waals surface area contributed by atoms with Crippen molar-refractivity contribution in [1.29, 1.82) is 0 Å². The van der Waals surface area contributed by atoms with Crippen LogP contribution in [0.5, 0.6) is 5.88 Å². The van der Waals surface area contributed by atoms with Crippen molar-refractivity contribution in [3.8, 4) is 5.88 Å². The number of nitrogens with one attached hydrogen (secondary N) is 1. The summed E-state index contributed by atoms with van der Waals surface area (Å²) in [5.74, 6) is -0.0780. The molecule has 1 aromatic carbocycles. The van der Waals surface area contributed by atoms with E-state index in [1.165, 1.54) is 12.3 Å². The van der Waals surface area contributed by atoms with Gasteiger partial charge in [0.2, 0.25) is 5.88 Å². The molecule has 128 valence electrons. The molecule has 0 atom stereocenters. The maximum absolute atomic E-state index is 12.0. The van der Waals surface area contributed by atoms with Gasteiger partial charge in [-0.3, -0.25) is 19.3 Å². The molecule has 25 heavy (non-hydrogen) atoms. The zero-order chi connectivity index (χ0) is 18.0. The molecule has 0 saturated heterocycles. The Balaban J connectivity index is 2.00. The Labute approximate surface area is 150 Å². The zero-order valence-corrected chi connectivity index (χ0v) is 14.1. The summed E-state index contributed by atoms with van der Waals surface area (Å²) < 4.78 is 6.12. The number of aromatic amines is 1. The summed E-state index contributed by atoms with van der Waals surface area (Å²) >= 11 is 11.7. The summed E-state index contributed by atoms with van der Waals surface area (Å²) in [7, 11) is 0. The van der Waals surface area contributed by atoms with Crippen LogP contribution in [-0.4, -0.2) is 20.9 Å². The van der Waals surface area contributed by atoms with Crippen molar-refractivity contribution in [1.82, 2.24) is 9.55 Å². The number of hydrogen-bond donors (Lipinski definition) is 2. The largest absolute Gasteiger partial charge is 0.494 e. The van der Waals surface area contributed by atoms with E-state index in [-0.39, 0.29) is 12.1 Å². The maximum atomic E-state index is 12.0. The molecule has 2 aromatic heterocycles. The fourth-order valence-corrected chi connectivity index (χ4v) is 2.39. The summed E-state index contributed by atoms with van der Waals surface area (Å²) in [5, 5.41) is 11.0. The second-order valence-electron chi connectivity index (χ2n) is 5.02. The Morgan fingerprint density at radius 3 is 2.72 bits per heavy atom. The number of furan rings is 1. The van der Waals surface area contributed by atoms with E-state index in [4.69, 9.17) is 27.6 Å². The third-order valence-electron chi connectivity index (χ3n) is 3.35. The highest BCUT2D eigenvalue weighted by Gasteiger charge is 2.14. The van der Waals surface area contributed by atoms with Gasteiger partial charge >= 0.3 is 5.69 Å². The molecule has 0 aliphatic carbocycles. The number of aromatic nitrogens is 2. The number of rotatable bonds is 4. The zero-order valence-electron chi connectivity index (χ0n) is 12.6. The Morgan fingerprint density at radius 1 is 1.24 bits per heavy atom. The molecular weight excluding hydrogens is 369 g/mol. The van der Waals surface area contributed by atoms with E-state index >= 15 is 0 Å². The van der Waals surface area contributed by atoms with E-state index in [9.17, 15) is 14.7 Å². The molecule has 2 N–H and O–H groups in total. The lowest BCUT2D eigenvalue weighted by atomic mass is 10.3. The molecule has 0 saturated carbocycles. The van der Waals surface area contributed by atoms with Crippen molar-refractivity contribution < 1.29 is 9.52 Å². The third kappa shape index (κ3) is 3.67. The Bertz CT molecular complexity index is 1050. The van der Waals surface area contributed by atoms with Gasteiger partial charge in [-0.25, -0.2) is 4.79 Å². The molecule has 0 spiro atoms. The highest BCUT2D eigenvalue weighted by atomic mass is 35.5. The summed E-state index contributed by atoms with van der Waals surface area (Å²) in [5.41, 5.74) is -1.26. The van der Waals surface area contributed by atoms with Crippen LogP contribution in [0.2, 0.25) is 10.0 Å². The monoisotopic (exact) mass is 379 g/mol. The predicted molar refractivity (Wildman–Crippen MR) is 94.5 cm³/mol. The summed E-state index contributed by atoms with van der Waals surface area (Å²) in [6, 6.07) is 7.94. The van der Waals surface area contributed by atoms with Crippen molar-refractivity contribution >= 4 is 35.1 Å². The first-order valence-electron chi connectivity index (χ1n) is 7.03. The minimum Gasteiger partial charge on any atom is -0.494 e. The number of hydrogen-bond acceptors (Lipinski definition) is 5. The topological polar surface area (TPSA) is 101 Å². The molecule has 0 aliphatic heterocycles. The van der Waals surface area contributed by atoms with Gasteiger partial charge in [-0.05, 0) is 30.3 Å². The first kappa shape index (κ1) is 17.1. The standard InChI is InChI=1S/C16H11Cl2N3O4/c17-12-4-3-9(6-13(12)18)19-7-11-14(22)20-16(24)21(15(11)23)8-10-2-1-5-25-10/h1-7,23H,8H2,(H,20,22,24). The van der Waals surface area contributed by atoms with Gasteiger partial charge in [-0.2, -0.15) is 0 Å². The lowest BCUT2D eigenvalue weighted by Gasteiger charge is -2.07. The summed E-state index contributed by atoms with van der Waals surface area (Å²) in [4.78, 5) is 30.1. The summed E-state index contributed by atoms with van der Waals surface area (Å²) in [6.45, 7) is -0.0396. The average Bonchev–Trinajstić information content (AvgIpc) is 3.07. The Morgan fingerprint density at radius 2 is 2.04 bits per heavy atom. The molecule has 2 heterocycles.